The van der Waals surface area contributed by atoms with E-state index in [4.69, 9.17) is 23.8 Å². The van der Waals surface area contributed by atoms with Gasteiger partial charge >= 0.3 is 0 Å². The van der Waals surface area contributed by atoms with Crippen molar-refractivity contribution in [1.82, 2.24) is 10.2 Å². The fourth-order valence-corrected chi connectivity index (χ4v) is 4.84. The monoisotopic (exact) mass is 498 g/mol. The smallest absolute Gasteiger partial charge is 0.267 e. The fraction of sp³-hybridized carbons (Fsp3) is 0.208. The van der Waals surface area contributed by atoms with Crippen LogP contribution < -0.4 is 15.5 Å². The van der Waals surface area contributed by atoms with Gasteiger partial charge in [0.25, 0.3) is 11.8 Å². The van der Waals surface area contributed by atoms with E-state index in [1.807, 2.05) is 59.7 Å². The van der Waals surface area contributed by atoms with Crippen LogP contribution in [0.1, 0.15) is 25.6 Å². The molecular weight excluding hydrogens is 476 g/mol. The number of thiocarbonyl (C=S) groups is 1. The SMILES string of the molecule is Cc1ccccc1C(=O)N1CCN(c2ccc(NC(=S)NC(=O)c3cccs3)cc2Cl)CC1. The van der Waals surface area contributed by atoms with Crippen LogP contribution in [0.5, 0.6) is 0 Å². The summed E-state index contributed by atoms with van der Waals surface area (Å²) in [7, 11) is 0. The van der Waals surface area contributed by atoms with Crippen molar-refractivity contribution in [2.24, 2.45) is 0 Å². The van der Waals surface area contributed by atoms with Gasteiger partial charge in [0.05, 0.1) is 15.6 Å². The number of thiophene rings is 1. The first-order chi connectivity index (χ1) is 15.9. The summed E-state index contributed by atoms with van der Waals surface area (Å²) in [5.74, 6) is -0.181. The van der Waals surface area contributed by atoms with Crippen molar-refractivity contribution in [3.8, 4) is 0 Å². The predicted octanol–water partition coefficient (Wildman–Crippen LogP) is 4.80. The molecule has 1 aliphatic rings. The van der Waals surface area contributed by atoms with E-state index >= 15 is 0 Å². The number of carbonyl (C=O) groups excluding carboxylic acids is 2. The predicted molar refractivity (Wildman–Crippen MR) is 139 cm³/mol. The Kier molecular flexibility index (Phi) is 7.27. The molecule has 2 heterocycles. The number of hydrogen-bond acceptors (Lipinski definition) is 5. The van der Waals surface area contributed by atoms with Gasteiger partial charge in [-0.2, -0.15) is 0 Å². The minimum atomic E-state index is -0.247. The highest BCUT2D eigenvalue weighted by Crippen LogP contribution is 2.30. The van der Waals surface area contributed by atoms with E-state index < -0.39 is 0 Å². The molecule has 1 aliphatic heterocycles. The van der Waals surface area contributed by atoms with Gasteiger partial charge in [0, 0.05) is 37.4 Å². The van der Waals surface area contributed by atoms with Crippen LogP contribution in [0, 0.1) is 6.92 Å². The summed E-state index contributed by atoms with van der Waals surface area (Å²) >= 11 is 13.2. The van der Waals surface area contributed by atoms with Gasteiger partial charge in [-0.05, 0) is 60.4 Å². The quantitative estimate of drug-likeness (QED) is 0.506. The van der Waals surface area contributed by atoms with Crippen LogP contribution in [0.4, 0.5) is 11.4 Å². The Balaban J connectivity index is 1.34. The van der Waals surface area contributed by atoms with Crippen LogP contribution in [0.2, 0.25) is 5.02 Å². The summed E-state index contributed by atoms with van der Waals surface area (Å²) < 4.78 is 0. The number of rotatable bonds is 4. The van der Waals surface area contributed by atoms with Gasteiger partial charge < -0.3 is 15.1 Å². The van der Waals surface area contributed by atoms with Gasteiger partial charge in [0.15, 0.2) is 5.11 Å². The van der Waals surface area contributed by atoms with Crippen LogP contribution >= 0.6 is 35.2 Å². The lowest BCUT2D eigenvalue weighted by Gasteiger charge is -2.36. The average molecular weight is 499 g/mol. The minimum absolute atomic E-state index is 0.0662. The number of hydrogen-bond donors (Lipinski definition) is 2. The van der Waals surface area contributed by atoms with E-state index in [-0.39, 0.29) is 16.9 Å². The number of carbonyl (C=O) groups is 2. The highest BCUT2D eigenvalue weighted by molar-refractivity contribution is 7.80. The zero-order valence-electron chi connectivity index (χ0n) is 18.0. The van der Waals surface area contributed by atoms with Crippen molar-refractivity contribution in [3.63, 3.8) is 0 Å². The lowest BCUT2D eigenvalue weighted by Crippen LogP contribution is -2.49. The topological polar surface area (TPSA) is 64.7 Å². The number of amides is 2. The highest BCUT2D eigenvalue weighted by atomic mass is 35.5. The van der Waals surface area contributed by atoms with Crippen molar-refractivity contribution in [2.75, 3.05) is 36.4 Å². The molecule has 0 saturated carbocycles. The molecule has 0 bridgehead atoms. The summed E-state index contributed by atoms with van der Waals surface area (Å²) in [6.45, 7) is 4.60. The molecule has 2 amide bonds. The zero-order valence-corrected chi connectivity index (χ0v) is 20.4. The maximum Gasteiger partial charge on any atom is 0.267 e. The molecule has 1 saturated heterocycles. The standard InChI is InChI=1S/C24H23ClN4O2S2/c1-16-5-2-3-6-18(16)23(31)29-12-10-28(11-13-29)20-9-8-17(15-19(20)25)26-24(32)27-22(30)21-7-4-14-33-21/h2-9,14-15H,10-13H2,1H3,(H2,26,27,30,32). The van der Waals surface area contributed by atoms with Gasteiger partial charge in [-0.1, -0.05) is 35.9 Å². The highest BCUT2D eigenvalue weighted by Gasteiger charge is 2.24. The van der Waals surface area contributed by atoms with Gasteiger partial charge in [-0.15, -0.1) is 11.3 Å². The molecule has 170 valence electrons. The summed E-state index contributed by atoms with van der Waals surface area (Å²) in [4.78, 5) is 29.6. The molecule has 33 heavy (non-hydrogen) atoms. The molecular formula is C24H23ClN4O2S2. The molecule has 2 aromatic carbocycles. The zero-order chi connectivity index (χ0) is 23.4. The van der Waals surface area contributed by atoms with E-state index in [0.717, 1.165) is 16.8 Å². The lowest BCUT2D eigenvalue weighted by atomic mass is 10.1. The van der Waals surface area contributed by atoms with E-state index in [0.29, 0.717) is 41.8 Å². The Morgan fingerprint density at radius 1 is 1.03 bits per heavy atom. The second-order valence-electron chi connectivity index (χ2n) is 7.65. The third-order valence-corrected chi connectivity index (χ3v) is 6.84. The van der Waals surface area contributed by atoms with Crippen LogP contribution in [-0.4, -0.2) is 48.0 Å². The Bertz CT molecular complexity index is 1170. The van der Waals surface area contributed by atoms with Crippen molar-refractivity contribution in [2.45, 2.75) is 6.92 Å². The molecule has 1 fully saturated rings. The van der Waals surface area contributed by atoms with Gasteiger partial charge in [0.2, 0.25) is 0 Å². The van der Waals surface area contributed by atoms with E-state index in [1.54, 1.807) is 12.1 Å². The molecule has 2 N–H and O–H groups in total. The maximum atomic E-state index is 12.9. The van der Waals surface area contributed by atoms with Gasteiger partial charge in [-0.3, -0.25) is 14.9 Å². The van der Waals surface area contributed by atoms with Crippen LogP contribution in [0.15, 0.2) is 60.0 Å². The van der Waals surface area contributed by atoms with E-state index in [2.05, 4.69) is 15.5 Å². The number of aryl methyl sites for hydroxylation is 1. The summed E-state index contributed by atoms with van der Waals surface area (Å²) in [5.41, 5.74) is 3.33. The molecule has 0 unspecified atom stereocenters. The number of piperazine rings is 1. The number of nitrogens with zero attached hydrogens (tertiary/aromatic N) is 2. The summed E-state index contributed by atoms with van der Waals surface area (Å²) in [6, 6.07) is 16.8. The van der Waals surface area contributed by atoms with E-state index in [1.165, 1.54) is 11.3 Å². The van der Waals surface area contributed by atoms with Gasteiger partial charge in [0.1, 0.15) is 0 Å². The largest absolute Gasteiger partial charge is 0.367 e. The molecule has 3 aromatic rings. The molecule has 0 atom stereocenters. The lowest BCUT2D eigenvalue weighted by molar-refractivity contribution is 0.0746. The third kappa shape index (κ3) is 5.52. The van der Waals surface area contributed by atoms with E-state index in [9.17, 15) is 9.59 Å². The van der Waals surface area contributed by atoms with Crippen molar-refractivity contribution < 1.29 is 9.59 Å². The first kappa shape index (κ1) is 23.2. The molecule has 0 radical (unpaired) electrons. The van der Waals surface area contributed by atoms with Crippen molar-refractivity contribution in [1.29, 1.82) is 0 Å². The first-order valence-corrected chi connectivity index (χ1v) is 12.1. The molecule has 0 aliphatic carbocycles. The fourth-order valence-electron chi connectivity index (χ4n) is 3.71. The van der Waals surface area contributed by atoms with Gasteiger partial charge in [-0.25, -0.2) is 0 Å². The Hall–Kier alpha value is -2.94. The third-order valence-electron chi connectivity index (χ3n) is 5.46. The molecule has 6 nitrogen and oxygen atoms in total. The molecule has 9 heteroatoms. The van der Waals surface area contributed by atoms with Crippen molar-refractivity contribution in [3.05, 3.63) is 81.0 Å². The summed E-state index contributed by atoms with van der Waals surface area (Å²) in [5, 5.41) is 8.28. The first-order valence-electron chi connectivity index (χ1n) is 10.5. The maximum absolute atomic E-state index is 12.9. The minimum Gasteiger partial charge on any atom is -0.367 e. The number of nitrogens with one attached hydrogen (secondary N) is 2. The summed E-state index contributed by atoms with van der Waals surface area (Å²) in [6.07, 6.45) is 0. The average Bonchev–Trinajstić information content (AvgIpc) is 3.34. The Labute approximate surface area is 207 Å². The molecule has 0 spiro atoms. The number of halogens is 1. The molecule has 4 rings (SSSR count). The molecule has 1 aromatic heterocycles. The Morgan fingerprint density at radius 3 is 2.45 bits per heavy atom. The number of anilines is 2. The Morgan fingerprint density at radius 2 is 1.79 bits per heavy atom. The normalized spacial score (nSPS) is 13.5. The van der Waals surface area contributed by atoms with Crippen LogP contribution in [-0.2, 0) is 0 Å². The van der Waals surface area contributed by atoms with Crippen LogP contribution in [0.25, 0.3) is 0 Å². The van der Waals surface area contributed by atoms with Crippen molar-refractivity contribution >= 4 is 63.5 Å². The second-order valence-corrected chi connectivity index (χ2v) is 9.41. The second kappa shape index (κ2) is 10.3. The van der Waals surface area contributed by atoms with Crippen LogP contribution in [0.3, 0.4) is 0 Å². The number of benzene rings is 2.